The van der Waals surface area contributed by atoms with Crippen molar-refractivity contribution in [3.8, 4) is 0 Å². The summed E-state index contributed by atoms with van der Waals surface area (Å²) in [5.74, 6) is 0.119. The molecule has 156 valence electrons. The van der Waals surface area contributed by atoms with Crippen LogP contribution in [0.1, 0.15) is 31.2 Å². The van der Waals surface area contributed by atoms with Crippen molar-refractivity contribution in [3.63, 3.8) is 0 Å². The van der Waals surface area contributed by atoms with Crippen LogP contribution in [0.4, 0.5) is 18.9 Å². The third-order valence-corrected chi connectivity index (χ3v) is 6.24. The van der Waals surface area contributed by atoms with E-state index in [-0.39, 0.29) is 5.91 Å². The van der Waals surface area contributed by atoms with Crippen LogP contribution < -0.4 is 4.90 Å². The maximum atomic E-state index is 12.8. The second kappa shape index (κ2) is 9.43. The molecule has 1 aliphatic heterocycles. The highest BCUT2D eigenvalue weighted by Crippen LogP contribution is 2.35. The van der Waals surface area contributed by atoms with Gasteiger partial charge in [0.05, 0.1) is 11.3 Å². The molecule has 1 aromatic carbocycles. The number of rotatable bonds is 5. The Labute approximate surface area is 182 Å². The van der Waals surface area contributed by atoms with Gasteiger partial charge in [-0.3, -0.25) is 4.79 Å². The number of carbonyl (C=O) groups excluding carboxylic acids is 1. The van der Waals surface area contributed by atoms with Gasteiger partial charge < -0.3 is 9.80 Å². The summed E-state index contributed by atoms with van der Waals surface area (Å²) in [5, 5.41) is 0. The molecular formula is C21H22BrF3N2OS. The molecule has 3 rings (SSSR count). The van der Waals surface area contributed by atoms with Gasteiger partial charge in [0.15, 0.2) is 0 Å². The molecule has 0 N–H and O–H groups in total. The van der Waals surface area contributed by atoms with Crippen molar-refractivity contribution in [2.45, 2.75) is 31.9 Å². The molecule has 0 unspecified atom stereocenters. The summed E-state index contributed by atoms with van der Waals surface area (Å²) in [6.07, 6.45) is 4.56. The molecule has 2 aliphatic rings. The molecular weight excluding hydrogens is 465 g/mol. The Morgan fingerprint density at radius 3 is 2.52 bits per heavy atom. The fourth-order valence-electron chi connectivity index (χ4n) is 3.53. The minimum atomic E-state index is -4.36. The summed E-state index contributed by atoms with van der Waals surface area (Å²) in [6, 6.07) is 3.68. The number of hydrogen-bond acceptors (Lipinski definition) is 3. The highest BCUT2D eigenvalue weighted by molar-refractivity contribution is 9.10. The first-order valence-corrected chi connectivity index (χ1v) is 10.7. The Kier molecular flexibility index (Phi) is 7.16. The van der Waals surface area contributed by atoms with Gasteiger partial charge in [0.2, 0.25) is 5.91 Å². The Bertz CT molecular complexity index is 843. The second-order valence-electron chi connectivity index (χ2n) is 7.13. The first-order chi connectivity index (χ1) is 13.8. The van der Waals surface area contributed by atoms with Gasteiger partial charge in [0, 0.05) is 48.4 Å². The van der Waals surface area contributed by atoms with Crippen LogP contribution >= 0.6 is 28.1 Å². The van der Waals surface area contributed by atoms with E-state index in [9.17, 15) is 18.0 Å². The number of hydrogen-bond donors (Lipinski definition) is 0. The Morgan fingerprint density at radius 2 is 1.90 bits per heavy atom. The third kappa shape index (κ3) is 5.69. The van der Waals surface area contributed by atoms with Gasteiger partial charge in [-0.2, -0.15) is 13.2 Å². The van der Waals surface area contributed by atoms with Crippen LogP contribution in [0.2, 0.25) is 0 Å². The monoisotopic (exact) mass is 486 g/mol. The number of allylic oxidation sites excluding steroid dienone is 4. The number of amides is 1. The first-order valence-electron chi connectivity index (χ1n) is 9.54. The van der Waals surface area contributed by atoms with E-state index in [1.165, 1.54) is 6.07 Å². The van der Waals surface area contributed by atoms with Gasteiger partial charge in [0.25, 0.3) is 0 Å². The number of anilines is 1. The molecule has 3 nitrogen and oxygen atoms in total. The maximum Gasteiger partial charge on any atom is 0.416 e. The summed E-state index contributed by atoms with van der Waals surface area (Å²) in [4.78, 5) is 17.3. The molecule has 0 radical (unpaired) electrons. The standard InChI is InChI=1S/C21H22BrF3N2OS/c22-17-14-16(21(23,24)25)8-9-18(17)26-10-12-27(13-11-26)20(28)7-3-5-15-4-1-2-6-19(15)29/h1-2,4,8-9,14H,3,5-7,10-13H2. The third-order valence-electron chi connectivity index (χ3n) is 5.18. The minimum Gasteiger partial charge on any atom is -0.367 e. The van der Waals surface area contributed by atoms with Crippen molar-refractivity contribution in [2.75, 3.05) is 31.1 Å². The van der Waals surface area contributed by atoms with Crippen molar-refractivity contribution in [2.24, 2.45) is 0 Å². The van der Waals surface area contributed by atoms with Crippen LogP contribution in [0, 0.1) is 0 Å². The van der Waals surface area contributed by atoms with E-state index < -0.39 is 11.7 Å². The molecule has 1 heterocycles. The molecule has 0 spiro atoms. The van der Waals surface area contributed by atoms with Crippen LogP contribution in [-0.2, 0) is 11.0 Å². The minimum absolute atomic E-state index is 0.119. The smallest absolute Gasteiger partial charge is 0.367 e. The number of nitrogens with zero attached hydrogens (tertiary/aromatic N) is 2. The van der Waals surface area contributed by atoms with Crippen molar-refractivity contribution in [1.82, 2.24) is 4.90 Å². The van der Waals surface area contributed by atoms with Gasteiger partial charge in [-0.1, -0.05) is 30.4 Å². The van der Waals surface area contributed by atoms with E-state index in [4.69, 9.17) is 12.2 Å². The molecule has 1 saturated heterocycles. The number of benzene rings is 1. The molecule has 0 saturated carbocycles. The molecule has 1 amide bonds. The maximum absolute atomic E-state index is 12.8. The van der Waals surface area contributed by atoms with Crippen molar-refractivity contribution in [1.29, 1.82) is 0 Å². The fraction of sp³-hybridized carbons (Fsp3) is 0.429. The summed E-state index contributed by atoms with van der Waals surface area (Å²) < 4.78 is 38.9. The molecule has 29 heavy (non-hydrogen) atoms. The van der Waals surface area contributed by atoms with Crippen LogP contribution in [0.25, 0.3) is 0 Å². The molecule has 1 aliphatic carbocycles. The van der Waals surface area contributed by atoms with Crippen molar-refractivity contribution < 1.29 is 18.0 Å². The lowest BCUT2D eigenvalue weighted by atomic mass is 9.99. The van der Waals surface area contributed by atoms with Crippen molar-refractivity contribution >= 4 is 44.6 Å². The molecule has 1 aromatic rings. The average Bonchev–Trinajstić information content (AvgIpc) is 2.69. The highest BCUT2D eigenvalue weighted by atomic mass is 79.9. The Hall–Kier alpha value is -1.67. The summed E-state index contributed by atoms with van der Waals surface area (Å²) in [7, 11) is 0. The van der Waals surface area contributed by atoms with Crippen LogP contribution in [-0.4, -0.2) is 41.9 Å². The number of alkyl halides is 3. The fourth-order valence-corrected chi connectivity index (χ4v) is 4.43. The van der Waals surface area contributed by atoms with E-state index in [1.807, 2.05) is 28.0 Å². The largest absolute Gasteiger partial charge is 0.416 e. The predicted octanol–water partition coefficient (Wildman–Crippen LogP) is 5.54. The molecule has 1 fully saturated rings. The number of thiocarbonyl (C=S) groups is 1. The first kappa shape index (κ1) is 22.0. The van der Waals surface area contributed by atoms with Crippen LogP contribution in [0.5, 0.6) is 0 Å². The summed E-state index contributed by atoms with van der Waals surface area (Å²) in [5.41, 5.74) is 1.19. The topological polar surface area (TPSA) is 23.6 Å². The van der Waals surface area contributed by atoms with E-state index >= 15 is 0 Å². The quantitative estimate of drug-likeness (QED) is 0.510. The van der Waals surface area contributed by atoms with E-state index in [0.29, 0.717) is 37.1 Å². The highest BCUT2D eigenvalue weighted by Gasteiger charge is 2.31. The summed E-state index contributed by atoms with van der Waals surface area (Å²) in [6.45, 7) is 2.32. The Morgan fingerprint density at radius 1 is 1.17 bits per heavy atom. The molecule has 0 aromatic heterocycles. The van der Waals surface area contributed by atoms with Gasteiger partial charge in [-0.15, -0.1) is 0 Å². The zero-order chi connectivity index (χ0) is 21.0. The lowest BCUT2D eigenvalue weighted by molar-refractivity contribution is -0.137. The van der Waals surface area contributed by atoms with Crippen molar-refractivity contribution in [3.05, 3.63) is 52.0 Å². The van der Waals surface area contributed by atoms with E-state index in [1.54, 1.807) is 0 Å². The van der Waals surface area contributed by atoms with Gasteiger partial charge in [0.1, 0.15) is 0 Å². The lowest BCUT2D eigenvalue weighted by Crippen LogP contribution is -2.48. The normalized spacial score (nSPS) is 17.5. The van der Waals surface area contributed by atoms with E-state index in [2.05, 4.69) is 15.9 Å². The number of carbonyl (C=O) groups is 1. The van der Waals surface area contributed by atoms with Gasteiger partial charge in [-0.25, -0.2) is 0 Å². The average molecular weight is 487 g/mol. The second-order valence-corrected chi connectivity index (χ2v) is 8.48. The lowest BCUT2D eigenvalue weighted by Gasteiger charge is -2.36. The zero-order valence-electron chi connectivity index (χ0n) is 15.8. The number of piperazine rings is 1. The van der Waals surface area contributed by atoms with Gasteiger partial charge >= 0.3 is 6.18 Å². The predicted molar refractivity (Wildman–Crippen MR) is 116 cm³/mol. The van der Waals surface area contributed by atoms with E-state index in [0.717, 1.165) is 47.5 Å². The van der Waals surface area contributed by atoms with Gasteiger partial charge in [-0.05, 0) is 52.5 Å². The summed E-state index contributed by atoms with van der Waals surface area (Å²) >= 11 is 8.60. The Balaban J connectivity index is 1.49. The SMILES string of the molecule is O=C(CCCC1=CC=CCC1=S)N1CCN(c2ccc(C(F)(F)F)cc2Br)CC1. The van der Waals surface area contributed by atoms with Crippen LogP contribution in [0.3, 0.4) is 0 Å². The molecule has 8 heteroatoms. The molecule has 0 atom stereocenters. The number of halogens is 4. The van der Waals surface area contributed by atoms with Crippen LogP contribution in [0.15, 0.2) is 46.5 Å². The zero-order valence-corrected chi connectivity index (χ0v) is 18.2. The molecule has 0 bridgehead atoms.